The molecule has 0 saturated carbocycles. The number of esters is 1. The first-order valence-electron chi connectivity index (χ1n) is 9.72. The Balaban J connectivity index is 2.04. The number of hydrogen-bond acceptors (Lipinski definition) is 6. The molecule has 1 N–H and O–H groups in total. The fourth-order valence-corrected chi connectivity index (χ4v) is 5.53. The molecule has 1 aliphatic heterocycles. The van der Waals surface area contributed by atoms with Crippen LogP contribution in [0.15, 0.2) is 45.8 Å². The molecule has 1 heterocycles. The number of carbonyl (C=O) groups excluding carboxylic acids is 1. The van der Waals surface area contributed by atoms with E-state index in [1.54, 1.807) is 4.90 Å². The summed E-state index contributed by atoms with van der Waals surface area (Å²) in [5.41, 5.74) is -1.04. The third-order valence-corrected chi connectivity index (χ3v) is 7.59. The molecule has 0 atom stereocenters. The predicted molar refractivity (Wildman–Crippen MR) is 118 cm³/mol. The number of rotatable bonds is 5. The van der Waals surface area contributed by atoms with Crippen molar-refractivity contribution >= 4 is 43.3 Å². The van der Waals surface area contributed by atoms with Gasteiger partial charge in [-0.1, -0.05) is 0 Å². The van der Waals surface area contributed by atoms with Crippen molar-refractivity contribution in [1.82, 2.24) is 0 Å². The van der Waals surface area contributed by atoms with Crippen LogP contribution in [0, 0.1) is 17.2 Å². The minimum absolute atomic E-state index is 0.0380. The van der Waals surface area contributed by atoms with E-state index in [0.29, 0.717) is 25.9 Å². The van der Waals surface area contributed by atoms with Gasteiger partial charge in [0, 0.05) is 23.5 Å². The minimum atomic E-state index is -4.68. The number of sulfonamides is 1. The van der Waals surface area contributed by atoms with Gasteiger partial charge in [-0.05, 0) is 65.2 Å². The standard InChI is InChI=1S/C21H19BrF3N3O4S/c1-32-20(29)14-2-4-16(22)19(10-14)33(30,31)27-17-11-15(21(23,24)25)3-5-18(17)28-8-6-13(12-26)7-9-28/h2-5,10-11,13,27H,6-9H2,1H3. The van der Waals surface area contributed by atoms with E-state index in [0.717, 1.165) is 25.3 Å². The molecular weight excluding hydrogens is 527 g/mol. The van der Waals surface area contributed by atoms with Crippen LogP contribution in [-0.2, 0) is 20.9 Å². The largest absolute Gasteiger partial charge is 0.465 e. The third kappa shape index (κ3) is 5.59. The molecule has 1 saturated heterocycles. The van der Waals surface area contributed by atoms with Crippen molar-refractivity contribution in [3.63, 3.8) is 0 Å². The quantitative estimate of drug-likeness (QED) is 0.542. The molecule has 176 valence electrons. The smallest absolute Gasteiger partial charge is 0.416 e. The van der Waals surface area contributed by atoms with Crippen molar-refractivity contribution in [3.05, 3.63) is 52.0 Å². The molecular formula is C21H19BrF3N3O4S. The van der Waals surface area contributed by atoms with Gasteiger partial charge in [0.15, 0.2) is 0 Å². The number of anilines is 2. The zero-order valence-corrected chi connectivity index (χ0v) is 19.7. The Kier molecular flexibility index (Phi) is 7.23. The summed E-state index contributed by atoms with van der Waals surface area (Å²) in [7, 11) is -3.26. The average molecular weight is 546 g/mol. The van der Waals surface area contributed by atoms with E-state index in [2.05, 4.69) is 31.5 Å². The molecule has 0 bridgehead atoms. The maximum absolute atomic E-state index is 13.4. The summed E-state index contributed by atoms with van der Waals surface area (Å²) >= 11 is 3.11. The van der Waals surface area contributed by atoms with Gasteiger partial charge < -0.3 is 9.64 Å². The van der Waals surface area contributed by atoms with Gasteiger partial charge in [-0.15, -0.1) is 0 Å². The van der Waals surface area contributed by atoms with Crippen LogP contribution in [0.4, 0.5) is 24.5 Å². The maximum Gasteiger partial charge on any atom is 0.416 e. The van der Waals surface area contributed by atoms with Crippen LogP contribution in [0.25, 0.3) is 0 Å². The third-order valence-electron chi connectivity index (χ3n) is 5.23. The Morgan fingerprint density at radius 3 is 2.45 bits per heavy atom. The van der Waals surface area contributed by atoms with Gasteiger partial charge in [0.1, 0.15) is 4.90 Å². The summed E-state index contributed by atoms with van der Waals surface area (Å²) in [6, 6.07) is 8.77. The summed E-state index contributed by atoms with van der Waals surface area (Å²) in [6.45, 7) is 0.777. The lowest BCUT2D eigenvalue weighted by Crippen LogP contribution is -2.34. The first kappa shape index (κ1) is 24.9. The Bertz CT molecular complexity index is 1200. The Labute approximate surface area is 197 Å². The molecule has 0 spiro atoms. The summed E-state index contributed by atoms with van der Waals surface area (Å²) in [5, 5.41) is 9.09. The number of alkyl halides is 3. The Morgan fingerprint density at radius 1 is 1.21 bits per heavy atom. The van der Waals surface area contributed by atoms with Gasteiger partial charge >= 0.3 is 12.1 Å². The van der Waals surface area contributed by atoms with Crippen molar-refractivity contribution < 1.29 is 31.1 Å². The van der Waals surface area contributed by atoms with Crippen molar-refractivity contribution in [2.75, 3.05) is 29.8 Å². The summed E-state index contributed by atoms with van der Waals surface area (Å²) in [5.74, 6) is -0.924. The van der Waals surface area contributed by atoms with Gasteiger partial charge in [-0.2, -0.15) is 18.4 Å². The first-order valence-corrected chi connectivity index (χ1v) is 12.0. The molecule has 12 heteroatoms. The number of hydrogen-bond donors (Lipinski definition) is 1. The van der Waals surface area contributed by atoms with Crippen LogP contribution in [0.1, 0.15) is 28.8 Å². The number of ether oxygens (including phenoxy) is 1. The lowest BCUT2D eigenvalue weighted by atomic mass is 9.98. The van der Waals surface area contributed by atoms with E-state index in [1.165, 1.54) is 18.2 Å². The van der Waals surface area contributed by atoms with Crippen LogP contribution in [-0.4, -0.2) is 34.6 Å². The number of nitrogens with one attached hydrogen (secondary N) is 1. The van der Waals surface area contributed by atoms with Crippen molar-refractivity contribution in [3.8, 4) is 6.07 Å². The van der Waals surface area contributed by atoms with Gasteiger partial charge in [0.2, 0.25) is 0 Å². The van der Waals surface area contributed by atoms with Gasteiger partial charge in [0.05, 0.1) is 35.7 Å². The fraction of sp³-hybridized carbons (Fsp3) is 0.333. The normalized spacial score (nSPS) is 15.1. The summed E-state index contributed by atoms with van der Waals surface area (Å²) < 4.78 is 73.3. The second-order valence-corrected chi connectivity index (χ2v) is 9.87. The number of nitriles is 1. The van der Waals surface area contributed by atoms with Crippen LogP contribution >= 0.6 is 15.9 Å². The molecule has 33 heavy (non-hydrogen) atoms. The number of nitrogens with zero attached hydrogens (tertiary/aromatic N) is 2. The van der Waals surface area contributed by atoms with Crippen molar-refractivity contribution in [2.45, 2.75) is 23.9 Å². The van der Waals surface area contributed by atoms with Crippen LogP contribution in [0.5, 0.6) is 0 Å². The number of benzene rings is 2. The van der Waals surface area contributed by atoms with E-state index >= 15 is 0 Å². The zero-order valence-electron chi connectivity index (χ0n) is 17.3. The lowest BCUT2D eigenvalue weighted by molar-refractivity contribution is -0.137. The number of halogens is 4. The highest BCUT2D eigenvalue weighted by atomic mass is 79.9. The average Bonchev–Trinajstić information content (AvgIpc) is 2.78. The monoisotopic (exact) mass is 545 g/mol. The molecule has 1 fully saturated rings. The van der Waals surface area contributed by atoms with Gasteiger partial charge in [-0.3, -0.25) is 4.72 Å². The van der Waals surface area contributed by atoms with Crippen LogP contribution in [0.3, 0.4) is 0 Å². The number of piperidine rings is 1. The van der Waals surface area contributed by atoms with Crippen molar-refractivity contribution in [2.24, 2.45) is 5.92 Å². The van der Waals surface area contributed by atoms with Crippen LogP contribution in [0.2, 0.25) is 0 Å². The Hall–Kier alpha value is -2.78. The first-order chi connectivity index (χ1) is 15.5. The fourth-order valence-electron chi connectivity index (χ4n) is 3.47. The molecule has 0 amide bonds. The predicted octanol–water partition coefficient (Wildman–Crippen LogP) is 4.80. The molecule has 2 aromatic rings. The van der Waals surface area contributed by atoms with E-state index in [1.807, 2.05) is 0 Å². The van der Waals surface area contributed by atoms with E-state index in [-0.39, 0.29) is 32.2 Å². The molecule has 0 aliphatic carbocycles. The zero-order chi connectivity index (χ0) is 24.4. The molecule has 3 rings (SSSR count). The SMILES string of the molecule is COC(=O)c1ccc(Br)c(S(=O)(=O)Nc2cc(C(F)(F)F)ccc2N2CCC(C#N)CC2)c1. The molecule has 2 aromatic carbocycles. The number of carbonyl (C=O) groups is 1. The van der Waals surface area contributed by atoms with Gasteiger partial charge in [-0.25, -0.2) is 13.2 Å². The molecule has 0 unspecified atom stereocenters. The highest BCUT2D eigenvalue weighted by Crippen LogP contribution is 2.38. The molecule has 1 aliphatic rings. The van der Waals surface area contributed by atoms with Gasteiger partial charge in [0.25, 0.3) is 10.0 Å². The summed E-state index contributed by atoms with van der Waals surface area (Å²) in [4.78, 5) is 13.2. The molecule has 7 nitrogen and oxygen atoms in total. The minimum Gasteiger partial charge on any atom is -0.465 e. The van der Waals surface area contributed by atoms with Crippen LogP contribution < -0.4 is 9.62 Å². The number of methoxy groups -OCH3 is 1. The maximum atomic E-state index is 13.4. The molecule has 0 radical (unpaired) electrons. The second kappa shape index (κ2) is 9.61. The highest BCUT2D eigenvalue weighted by Gasteiger charge is 2.33. The van der Waals surface area contributed by atoms with E-state index in [9.17, 15) is 26.4 Å². The van der Waals surface area contributed by atoms with E-state index < -0.39 is 27.7 Å². The highest BCUT2D eigenvalue weighted by molar-refractivity contribution is 9.10. The topological polar surface area (TPSA) is 99.5 Å². The second-order valence-electron chi connectivity index (χ2n) is 7.36. The van der Waals surface area contributed by atoms with E-state index in [4.69, 9.17) is 5.26 Å². The summed E-state index contributed by atoms with van der Waals surface area (Å²) in [6.07, 6.45) is -3.66. The molecule has 0 aromatic heterocycles. The Morgan fingerprint density at radius 2 is 1.88 bits per heavy atom. The van der Waals surface area contributed by atoms with Crippen molar-refractivity contribution in [1.29, 1.82) is 5.26 Å². The lowest BCUT2D eigenvalue weighted by Gasteiger charge is -2.33.